The van der Waals surface area contributed by atoms with E-state index >= 15 is 0 Å². The summed E-state index contributed by atoms with van der Waals surface area (Å²) in [6, 6.07) is 17.0. The first kappa shape index (κ1) is 16.7. The molecule has 0 aliphatic carbocycles. The second-order valence-electron chi connectivity index (χ2n) is 5.31. The van der Waals surface area contributed by atoms with E-state index in [1.165, 1.54) is 7.11 Å². The maximum Gasteiger partial charge on any atom is 0.309 e. The Morgan fingerprint density at radius 1 is 1.04 bits per heavy atom. The molecule has 0 aromatic heterocycles. The van der Waals surface area contributed by atoms with Gasteiger partial charge in [0.15, 0.2) is 0 Å². The summed E-state index contributed by atoms with van der Waals surface area (Å²) in [6.07, 6.45) is 0.961. The molecule has 120 valence electrons. The van der Waals surface area contributed by atoms with E-state index in [0.717, 1.165) is 23.2 Å². The number of methoxy groups -OCH3 is 1. The Balaban J connectivity index is 2.03. The average molecular weight is 311 g/mol. The Hall–Kier alpha value is -2.62. The van der Waals surface area contributed by atoms with E-state index in [1.807, 2.05) is 49.4 Å². The standard InChI is InChI=1S/C19H21NO3/c1-3-17(15-7-5-4-6-8-15)19(22)20-16-11-9-14(10-12-16)13-18(21)23-2/h4-12,17H,3,13H2,1-2H3,(H,20,22)/t17-/m0/s1. The van der Waals surface area contributed by atoms with Crippen LogP contribution in [0.5, 0.6) is 0 Å². The molecule has 23 heavy (non-hydrogen) atoms. The molecule has 0 fully saturated rings. The maximum atomic E-state index is 12.5. The lowest BCUT2D eigenvalue weighted by Gasteiger charge is -2.15. The molecule has 0 saturated carbocycles. The zero-order valence-electron chi connectivity index (χ0n) is 13.4. The van der Waals surface area contributed by atoms with Gasteiger partial charge in [0.1, 0.15) is 0 Å². The fraction of sp³-hybridized carbons (Fsp3) is 0.263. The maximum absolute atomic E-state index is 12.5. The molecular formula is C19H21NO3. The average Bonchev–Trinajstić information content (AvgIpc) is 2.58. The molecule has 2 rings (SSSR count). The molecule has 0 radical (unpaired) electrons. The zero-order valence-corrected chi connectivity index (χ0v) is 13.4. The van der Waals surface area contributed by atoms with Crippen molar-refractivity contribution in [2.75, 3.05) is 12.4 Å². The second-order valence-corrected chi connectivity index (χ2v) is 5.31. The smallest absolute Gasteiger partial charge is 0.309 e. The molecule has 0 saturated heterocycles. The second kappa shape index (κ2) is 8.13. The fourth-order valence-electron chi connectivity index (χ4n) is 2.43. The predicted molar refractivity (Wildman–Crippen MR) is 90.3 cm³/mol. The molecule has 0 spiro atoms. The third-order valence-corrected chi connectivity index (χ3v) is 3.72. The number of esters is 1. The Bertz CT molecular complexity index is 650. The van der Waals surface area contributed by atoms with Crippen molar-refractivity contribution in [2.45, 2.75) is 25.7 Å². The Kier molecular flexibility index (Phi) is 5.92. The van der Waals surface area contributed by atoms with Crippen molar-refractivity contribution < 1.29 is 14.3 Å². The molecule has 4 heteroatoms. The summed E-state index contributed by atoms with van der Waals surface area (Å²) in [7, 11) is 1.37. The van der Waals surface area contributed by atoms with Gasteiger partial charge in [-0.3, -0.25) is 9.59 Å². The van der Waals surface area contributed by atoms with Gasteiger partial charge in [0.2, 0.25) is 5.91 Å². The fourth-order valence-corrected chi connectivity index (χ4v) is 2.43. The first-order valence-corrected chi connectivity index (χ1v) is 7.65. The number of carbonyl (C=O) groups excluding carboxylic acids is 2. The number of amides is 1. The number of ether oxygens (including phenoxy) is 1. The summed E-state index contributed by atoms with van der Waals surface area (Å²) in [6.45, 7) is 2.00. The SMILES string of the molecule is CC[C@H](C(=O)Nc1ccc(CC(=O)OC)cc1)c1ccccc1. The lowest BCUT2D eigenvalue weighted by Crippen LogP contribution is -2.20. The molecule has 0 aliphatic rings. The summed E-state index contributed by atoms with van der Waals surface area (Å²) in [5.74, 6) is -0.484. The molecule has 0 heterocycles. The van der Waals surface area contributed by atoms with Crippen molar-refractivity contribution in [3.05, 3.63) is 65.7 Å². The van der Waals surface area contributed by atoms with Crippen LogP contribution in [-0.2, 0) is 20.7 Å². The Morgan fingerprint density at radius 3 is 2.26 bits per heavy atom. The van der Waals surface area contributed by atoms with Gasteiger partial charge < -0.3 is 10.1 Å². The number of nitrogens with one attached hydrogen (secondary N) is 1. The van der Waals surface area contributed by atoms with Crippen LogP contribution in [-0.4, -0.2) is 19.0 Å². The highest BCUT2D eigenvalue weighted by Crippen LogP contribution is 2.21. The van der Waals surface area contributed by atoms with E-state index in [4.69, 9.17) is 0 Å². The van der Waals surface area contributed by atoms with Gasteiger partial charge in [-0.05, 0) is 29.7 Å². The predicted octanol–water partition coefficient (Wildman–Crippen LogP) is 3.53. The van der Waals surface area contributed by atoms with Crippen molar-refractivity contribution in [1.29, 1.82) is 0 Å². The third-order valence-electron chi connectivity index (χ3n) is 3.72. The van der Waals surface area contributed by atoms with Gasteiger partial charge in [-0.1, -0.05) is 49.4 Å². The summed E-state index contributed by atoms with van der Waals surface area (Å²) < 4.78 is 4.64. The van der Waals surface area contributed by atoms with E-state index in [0.29, 0.717) is 0 Å². The number of carbonyl (C=O) groups is 2. The van der Waals surface area contributed by atoms with Crippen LogP contribution in [0, 0.1) is 0 Å². The van der Waals surface area contributed by atoms with Crippen molar-refractivity contribution in [1.82, 2.24) is 0 Å². The van der Waals surface area contributed by atoms with E-state index in [9.17, 15) is 9.59 Å². The summed E-state index contributed by atoms with van der Waals surface area (Å²) in [5, 5.41) is 2.93. The van der Waals surface area contributed by atoms with Gasteiger partial charge in [-0.25, -0.2) is 0 Å². The first-order chi connectivity index (χ1) is 11.1. The van der Waals surface area contributed by atoms with E-state index in [-0.39, 0.29) is 24.2 Å². The molecule has 4 nitrogen and oxygen atoms in total. The van der Waals surface area contributed by atoms with Crippen LogP contribution in [0.25, 0.3) is 0 Å². The van der Waals surface area contributed by atoms with Gasteiger partial charge in [-0.2, -0.15) is 0 Å². The van der Waals surface area contributed by atoms with Crippen LogP contribution < -0.4 is 5.32 Å². The zero-order chi connectivity index (χ0) is 16.7. The van der Waals surface area contributed by atoms with E-state index in [2.05, 4.69) is 10.1 Å². The summed E-state index contributed by atoms with van der Waals surface area (Å²) in [5.41, 5.74) is 2.58. The number of benzene rings is 2. The lowest BCUT2D eigenvalue weighted by atomic mass is 9.95. The lowest BCUT2D eigenvalue weighted by molar-refractivity contribution is -0.139. The normalized spacial score (nSPS) is 11.6. The summed E-state index contributed by atoms with van der Waals surface area (Å²) >= 11 is 0. The minimum atomic E-state index is -0.281. The van der Waals surface area contributed by atoms with Crippen LogP contribution in [0.3, 0.4) is 0 Å². The summed E-state index contributed by atoms with van der Waals surface area (Å²) in [4.78, 5) is 23.7. The topological polar surface area (TPSA) is 55.4 Å². The Morgan fingerprint density at radius 2 is 1.70 bits per heavy atom. The Labute approximate surface area is 136 Å². The molecule has 2 aromatic carbocycles. The van der Waals surface area contributed by atoms with Crippen LogP contribution in [0.4, 0.5) is 5.69 Å². The highest BCUT2D eigenvalue weighted by Gasteiger charge is 2.18. The van der Waals surface area contributed by atoms with Crippen molar-refractivity contribution >= 4 is 17.6 Å². The van der Waals surface area contributed by atoms with Gasteiger partial charge in [-0.15, -0.1) is 0 Å². The van der Waals surface area contributed by atoms with Crippen molar-refractivity contribution in [2.24, 2.45) is 0 Å². The van der Waals surface area contributed by atoms with E-state index in [1.54, 1.807) is 12.1 Å². The molecular weight excluding hydrogens is 290 g/mol. The molecule has 1 amide bonds. The van der Waals surface area contributed by atoms with E-state index < -0.39 is 0 Å². The largest absolute Gasteiger partial charge is 0.469 e. The number of hydrogen-bond acceptors (Lipinski definition) is 3. The molecule has 0 aliphatic heterocycles. The number of rotatable bonds is 6. The van der Waals surface area contributed by atoms with Gasteiger partial charge >= 0.3 is 5.97 Å². The van der Waals surface area contributed by atoms with Crippen LogP contribution in [0.1, 0.15) is 30.4 Å². The van der Waals surface area contributed by atoms with Gasteiger partial charge in [0, 0.05) is 5.69 Å². The van der Waals surface area contributed by atoms with Crippen molar-refractivity contribution in [3.8, 4) is 0 Å². The van der Waals surface area contributed by atoms with Crippen LogP contribution in [0.2, 0.25) is 0 Å². The van der Waals surface area contributed by atoms with Gasteiger partial charge in [0.25, 0.3) is 0 Å². The monoisotopic (exact) mass is 311 g/mol. The van der Waals surface area contributed by atoms with Crippen LogP contribution in [0.15, 0.2) is 54.6 Å². The number of anilines is 1. The highest BCUT2D eigenvalue weighted by molar-refractivity contribution is 5.95. The number of hydrogen-bond donors (Lipinski definition) is 1. The third kappa shape index (κ3) is 4.68. The molecule has 0 unspecified atom stereocenters. The molecule has 1 N–H and O–H groups in total. The first-order valence-electron chi connectivity index (χ1n) is 7.65. The van der Waals surface area contributed by atoms with Gasteiger partial charge in [0.05, 0.1) is 19.4 Å². The van der Waals surface area contributed by atoms with Crippen LogP contribution >= 0.6 is 0 Å². The minimum Gasteiger partial charge on any atom is -0.469 e. The molecule has 0 bridgehead atoms. The van der Waals surface area contributed by atoms with Crippen molar-refractivity contribution in [3.63, 3.8) is 0 Å². The molecule has 1 atom stereocenters. The quantitative estimate of drug-likeness (QED) is 0.830. The highest BCUT2D eigenvalue weighted by atomic mass is 16.5. The minimum absolute atomic E-state index is 0.0283. The molecule has 2 aromatic rings.